The van der Waals surface area contributed by atoms with Crippen molar-refractivity contribution in [3.8, 4) is 0 Å². The molecule has 0 atom stereocenters. The smallest absolute Gasteiger partial charge is 0.256 e. The Morgan fingerprint density at radius 2 is 2.24 bits per heavy atom. The molecule has 2 rings (SSSR count). The number of carbonyl (C=O) groups is 1. The molecule has 0 saturated heterocycles. The number of amides is 1. The highest BCUT2D eigenvalue weighted by Gasteiger charge is 2.20. The number of rotatable bonds is 3. The number of nitrogens with one attached hydrogen (secondary N) is 1. The lowest BCUT2D eigenvalue weighted by molar-refractivity contribution is 0.0909. The first kappa shape index (κ1) is 12.1. The van der Waals surface area contributed by atoms with E-state index in [0.29, 0.717) is 23.8 Å². The molecule has 0 spiro atoms. The average molecular weight is 238 g/mol. The summed E-state index contributed by atoms with van der Waals surface area (Å²) in [5.41, 5.74) is 0.501. The number of hydrogen-bond donors (Lipinski definition) is 2. The second-order valence-electron chi connectivity index (χ2n) is 4.68. The van der Waals surface area contributed by atoms with Crippen molar-refractivity contribution in [2.45, 2.75) is 38.7 Å². The molecule has 1 aromatic heterocycles. The van der Waals surface area contributed by atoms with Gasteiger partial charge in [0.1, 0.15) is 11.3 Å². The van der Waals surface area contributed by atoms with Gasteiger partial charge in [0, 0.05) is 6.54 Å². The third-order valence-electron chi connectivity index (χ3n) is 3.36. The minimum atomic E-state index is -0.151. The van der Waals surface area contributed by atoms with Crippen LogP contribution in [0.3, 0.4) is 0 Å². The molecule has 2 N–H and O–H groups in total. The zero-order valence-electron chi connectivity index (χ0n) is 9.98. The van der Waals surface area contributed by atoms with Crippen LogP contribution in [0, 0.1) is 12.8 Å². The summed E-state index contributed by atoms with van der Waals surface area (Å²) in [5.74, 6) is 0.888. The van der Waals surface area contributed by atoms with Crippen LogP contribution in [0.1, 0.15) is 41.8 Å². The zero-order chi connectivity index (χ0) is 12.3. The quantitative estimate of drug-likeness (QED) is 0.831. The van der Waals surface area contributed by atoms with Gasteiger partial charge in [0.15, 0.2) is 0 Å². The molecular formula is C12H18N2O3. The maximum absolute atomic E-state index is 11.8. The molecule has 17 heavy (non-hydrogen) atoms. The molecule has 1 saturated carbocycles. The van der Waals surface area contributed by atoms with Crippen LogP contribution in [0.15, 0.2) is 10.7 Å². The molecule has 0 radical (unpaired) electrons. The molecule has 0 aromatic carbocycles. The summed E-state index contributed by atoms with van der Waals surface area (Å²) in [4.78, 5) is 11.8. The number of aromatic nitrogens is 1. The van der Waals surface area contributed by atoms with Crippen LogP contribution in [-0.2, 0) is 0 Å². The molecule has 5 nitrogen and oxygen atoms in total. The second-order valence-corrected chi connectivity index (χ2v) is 4.68. The van der Waals surface area contributed by atoms with Gasteiger partial charge in [-0.25, -0.2) is 0 Å². The first-order valence-electron chi connectivity index (χ1n) is 6.04. The maximum atomic E-state index is 11.8. The van der Waals surface area contributed by atoms with Gasteiger partial charge in [-0.1, -0.05) is 5.16 Å². The molecule has 0 bridgehead atoms. The Kier molecular flexibility index (Phi) is 3.78. The molecule has 1 aromatic rings. The zero-order valence-corrected chi connectivity index (χ0v) is 9.98. The van der Waals surface area contributed by atoms with Gasteiger partial charge in [-0.2, -0.15) is 0 Å². The summed E-state index contributed by atoms with van der Waals surface area (Å²) in [6, 6.07) is 0. The van der Waals surface area contributed by atoms with Crippen LogP contribution < -0.4 is 5.32 Å². The van der Waals surface area contributed by atoms with Crippen LogP contribution in [0.2, 0.25) is 0 Å². The lowest BCUT2D eigenvalue weighted by Crippen LogP contribution is -2.32. The Morgan fingerprint density at radius 3 is 2.82 bits per heavy atom. The molecule has 1 aliphatic carbocycles. The molecular weight excluding hydrogens is 220 g/mol. The van der Waals surface area contributed by atoms with Crippen molar-refractivity contribution < 1.29 is 14.4 Å². The summed E-state index contributed by atoms with van der Waals surface area (Å²) < 4.78 is 4.85. The largest absolute Gasteiger partial charge is 0.393 e. The SMILES string of the molecule is Cc1oncc1C(=O)NCC1CCC(O)CC1. The monoisotopic (exact) mass is 238 g/mol. The summed E-state index contributed by atoms with van der Waals surface area (Å²) in [6.07, 6.45) is 4.92. The van der Waals surface area contributed by atoms with E-state index < -0.39 is 0 Å². The Bertz CT molecular complexity index is 381. The minimum absolute atomic E-state index is 0.130. The lowest BCUT2D eigenvalue weighted by Gasteiger charge is -2.25. The number of aliphatic hydroxyl groups excluding tert-OH is 1. The molecule has 5 heteroatoms. The van der Waals surface area contributed by atoms with Crippen LogP contribution in [-0.4, -0.2) is 28.8 Å². The fourth-order valence-corrected chi connectivity index (χ4v) is 2.20. The molecule has 1 heterocycles. The molecule has 94 valence electrons. The van der Waals surface area contributed by atoms with Crippen molar-refractivity contribution in [2.24, 2.45) is 5.92 Å². The van der Waals surface area contributed by atoms with Gasteiger partial charge in [-0.15, -0.1) is 0 Å². The fraction of sp³-hybridized carbons (Fsp3) is 0.667. The van der Waals surface area contributed by atoms with Crippen molar-refractivity contribution in [3.05, 3.63) is 17.5 Å². The standard InChI is InChI=1S/C12H18N2O3/c1-8-11(7-14-17-8)12(16)13-6-9-2-4-10(15)5-3-9/h7,9-10,15H,2-6H2,1H3,(H,13,16). The van der Waals surface area contributed by atoms with Crippen LogP contribution in [0.4, 0.5) is 0 Å². The van der Waals surface area contributed by atoms with Gasteiger partial charge in [-0.05, 0) is 38.5 Å². The van der Waals surface area contributed by atoms with E-state index in [1.165, 1.54) is 6.20 Å². The molecule has 0 aliphatic heterocycles. The normalized spacial score (nSPS) is 24.6. The Hall–Kier alpha value is -1.36. The van der Waals surface area contributed by atoms with Crippen molar-refractivity contribution in [1.82, 2.24) is 10.5 Å². The van der Waals surface area contributed by atoms with Crippen molar-refractivity contribution in [3.63, 3.8) is 0 Å². The predicted octanol–water partition coefficient (Wildman–Crippen LogP) is 1.26. The number of aliphatic hydroxyl groups is 1. The third kappa shape index (κ3) is 3.06. The second kappa shape index (κ2) is 5.31. The summed E-state index contributed by atoms with van der Waals surface area (Å²) in [7, 11) is 0. The summed E-state index contributed by atoms with van der Waals surface area (Å²) >= 11 is 0. The van der Waals surface area contributed by atoms with Gasteiger partial charge in [0.25, 0.3) is 5.91 Å². The van der Waals surface area contributed by atoms with E-state index in [2.05, 4.69) is 10.5 Å². The van der Waals surface area contributed by atoms with E-state index in [1.807, 2.05) is 0 Å². The number of nitrogens with zero attached hydrogens (tertiary/aromatic N) is 1. The molecule has 0 unspecified atom stereocenters. The van der Waals surface area contributed by atoms with E-state index in [-0.39, 0.29) is 12.0 Å². The molecule has 1 fully saturated rings. The first-order chi connectivity index (χ1) is 8.16. The van der Waals surface area contributed by atoms with Gasteiger partial charge in [0.2, 0.25) is 0 Å². The van der Waals surface area contributed by atoms with Gasteiger partial charge in [-0.3, -0.25) is 4.79 Å². The van der Waals surface area contributed by atoms with Gasteiger partial charge < -0.3 is 14.9 Å². The highest BCUT2D eigenvalue weighted by molar-refractivity contribution is 5.94. The lowest BCUT2D eigenvalue weighted by atomic mass is 9.87. The number of carbonyl (C=O) groups excluding carboxylic acids is 1. The Balaban J connectivity index is 1.79. The first-order valence-corrected chi connectivity index (χ1v) is 6.04. The van der Waals surface area contributed by atoms with E-state index in [0.717, 1.165) is 25.7 Å². The minimum Gasteiger partial charge on any atom is -0.393 e. The van der Waals surface area contributed by atoms with Gasteiger partial charge in [0.05, 0.1) is 12.3 Å². The molecule has 1 amide bonds. The van der Waals surface area contributed by atoms with Crippen molar-refractivity contribution >= 4 is 5.91 Å². The van der Waals surface area contributed by atoms with E-state index in [9.17, 15) is 9.90 Å². The maximum Gasteiger partial charge on any atom is 0.256 e. The van der Waals surface area contributed by atoms with Crippen LogP contribution >= 0.6 is 0 Å². The highest BCUT2D eigenvalue weighted by atomic mass is 16.5. The van der Waals surface area contributed by atoms with E-state index in [1.54, 1.807) is 6.92 Å². The summed E-state index contributed by atoms with van der Waals surface area (Å²) in [5, 5.41) is 15.9. The Morgan fingerprint density at radius 1 is 1.53 bits per heavy atom. The Labute approximate surface area is 100 Å². The average Bonchev–Trinajstić information content (AvgIpc) is 2.74. The number of hydrogen-bond acceptors (Lipinski definition) is 4. The predicted molar refractivity (Wildman–Crippen MR) is 61.5 cm³/mol. The third-order valence-corrected chi connectivity index (χ3v) is 3.36. The topological polar surface area (TPSA) is 75.4 Å². The van der Waals surface area contributed by atoms with Crippen molar-refractivity contribution in [2.75, 3.05) is 6.54 Å². The van der Waals surface area contributed by atoms with Crippen LogP contribution in [0.5, 0.6) is 0 Å². The fourth-order valence-electron chi connectivity index (χ4n) is 2.20. The van der Waals surface area contributed by atoms with Crippen LogP contribution in [0.25, 0.3) is 0 Å². The molecule has 1 aliphatic rings. The van der Waals surface area contributed by atoms with E-state index >= 15 is 0 Å². The van der Waals surface area contributed by atoms with E-state index in [4.69, 9.17) is 4.52 Å². The number of aryl methyl sites for hydroxylation is 1. The van der Waals surface area contributed by atoms with Crippen molar-refractivity contribution in [1.29, 1.82) is 0 Å². The highest BCUT2D eigenvalue weighted by Crippen LogP contribution is 2.23. The summed E-state index contributed by atoms with van der Waals surface area (Å²) in [6.45, 7) is 2.38. The van der Waals surface area contributed by atoms with Gasteiger partial charge >= 0.3 is 0 Å².